The van der Waals surface area contributed by atoms with Crippen molar-refractivity contribution < 1.29 is 27.5 Å². The van der Waals surface area contributed by atoms with Crippen LogP contribution in [-0.4, -0.2) is 57.6 Å². The Hall–Kier alpha value is -2.30. The number of carbonyl (C=O) groups excluding carboxylic acids is 2. The lowest BCUT2D eigenvalue weighted by molar-refractivity contribution is -0.125. The Balaban J connectivity index is 2.01. The van der Waals surface area contributed by atoms with E-state index in [1.165, 1.54) is 38.5 Å². The number of halogens is 1. The Morgan fingerprint density at radius 1 is 1.06 bits per heavy atom. The summed E-state index contributed by atoms with van der Waals surface area (Å²) in [7, 11) is -1.45. The van der Waals surface area contributed by atoms with Crippen molar-refractivity contribution in [2.45, 2.75) is 30.6 Å². The van der Waals surface area contributed by atoms with E-state index in [1.54, 1.807) is 24.3 Å². The fourth-order valence-electron chi connectivity index (χ4n) is 3.33. The van der Waals surface area contributed by atoms with Gasteiger partial charge in [0.25, 0.3) is 5.91 Å². The highest BCUT2D eigenvalue weighted by atomic mass is 35.5. The lowest BCUT2D eigenvalue weighted by atomic mass is 10.2. The molecule has 31 heavy (non-hydrogen) atoms. The Bertz CT molecular complexity index is 1050. The van der Waals surface area contributed by atoms with E-state index in [0.717, 1.165) is 14.8 Å². The van der Waals surface area contributed by atoms with Crippen LogP contribution in [0.4, 0.5) is 5.69 Å². The molecular weight excluding hydrogens is 444 g/mol. The quantitative estimate of drug-likeness (QED) is 0.438. The van der Waals surface area contributed by atoms with Crippen molar-refractivity contribution in [3.05, 3.63) is 59.1 Å². The molecule has 2 aromatic carbocycles. The molecule has 1 aliphatic heterocycles. The molecule has 8 nitrogen and oxygen atoms in total. The van der Waals surface area contributed by atoms with E-state index in [2.05, 4.69) is 0 Å². The number of sulfonamides is 1. The first kappa shape index (κ1) is 23.4. The summed E-state index contributed by atoms with van der Waals surface area (Å²) in [5.74, 6) is -1.11. The number of amides is 2. The summed E-state index contributed by atoms with van der Waals surface area (Å²) < 4.78 is 38.2. The number of anilines is 1. The highest BCUT2D eigenvalue weighted by Crippen LogP contribution is 2.30. The minimum absolute atomic E-state index is 0.0584. The van der Waals surface area contributed by atoms with E-state index in [4.69, 9.17) is 21.1 Å². The minimum atomic E-state index is -4.17. The Morgan fingerprint density at radius 3 is 2.19 bits per heavy atom. The van der Waals surface area contributed by atoms with Gasteiger partial charge in [0.2, 0.25) is 15.9 Å². The van der Waals surface area contributed by atoms with Gasteiger partial charge in [-0.15, -0.1) is 0 Å². The van der Waals surface area contributed by atoms with Gasteiger partial charge in [-0.2, -0.15) is 4.31 Å². The molecule has 0 saturated carbocycles. The SMILES string of the molecule is COC(CN(C1CC(=O)N(c2ccc(C)cc2)C1=O)S(=O)(=O)c1ccc(Cl)cc1)OC. The average molecular weight is 467 g/mol. The maximum Gasteiger partial charge on any atom is 0.252 e. The van der Waals surface area contributed by atoms with Crippen molar-refractivity contribution in [2.24, 2.45) is 0 Å². The number of hydrogen-bond donors (Lipinski definition) is 0. The van der Waals surface area contributed by atoms with Crippen molar-refractivity contribution in [3.8, 4) is 0 Å². The normalized spacial score (nSPS) is 17.2. The van der Waals surface area contributed by atoms with Gasteiger partial charge in [-0.3, -0.25) is 9.59 Å². The van der Waals surface area contributed by atoms with Crippen molar-refractivity contribution in [1.29, 1.82) is 0 Å². The standard InChI is InChI=1S/C21H23ClN2O6S/c1-14-4-8-16(9-5-14)24-19(25)12-18(21(24)26)23(13-20(29-2)30-3)31(27,28)17-10-6-15(22)7-11-17/h4-11,18,20H,12-13H2,1-3H3. The van der Waals surface area contributed by atoms with Crippen LogP contribution in [0, 0.1) is 6.92 Å². The molecule has 166 valence electrons. The second-order valence-corrected chi connectivity index (χ2v) is 9.38. The summed E-state index contributed by atoms with van der Waals surface area (Å²) in [4.78, 5) is 26.9. The number of nitrogens with zero attached hydrogens (tertiary/aromatic N) is 2. The number of rotatable bonds is 8. The summed E-state index contributed by atoms with van der Waals surface area (Å²) in [5, 5.41) is 0.370. The molecule has 1 heterocycles. The van der Waals surface area contributed by atoms with Gasteiger partial charge in [0.05, 0.1) is 23.5 Å². The predicted octanol–water partition coefficient (Wildman–Crippen LogP) is 2.59. The molecule has 0 bridgehead atoms. The molecule has 1 aliphatic rings. The zero-order valence-electron chi connectivity index (χ0n) is 17.3. The largest absolute Gasteiger partial charge is 0.354 e. The van der Waals surface area contributed by atoms with Crippen LogP contribution in [-0.2, 0) is 29.1 Å². The summed E-state index contributed by atoms with van der Waals surface area (Å²) in [6.07, 6.45) is -1.22. The number of carbonyl (C=O) groups is 2. The van der Waals surface area contributed by atoms with Gasteiger partial charge >= 0.3 is 0 Å². The molecule has 1 saturated heterocycles. The van der Waals surface area contributed by atoms with E-state index in [9.17, 15) is 18.0 Å². The highest BCUT2D eigenvalue weighted by molar-refractivity contribution is 7.89. The maximum absolute atomic E-state index is 13.4. The molecule has 0 radical (unpaired) electrons. The molecule has 1 atom stereocenters. The molecule has 0 spiro atoms. The predicted molar refractivity (Wildman–Crippen MR) is 115 cm³/mol. The van der Waals surface area contributed by atoms with Gasteiger partial charge in [0.1, 0.15) is 6.04 Å². The van der Waals surface area contributed by atoms with Crippen molar-refractivity contribution in [3.63, 3.8) is 0 Å². The molecule has 2 amide bonds. The van der Waals surface area contributed by atoms with Gasteiger partial charge in [0.15, 0.2) is 6.29 Å². The van der Waals surface area contributed by atoms with Crippen LogP contribution in [0.3, 0.4) is 0 Å². The van der Waals surface area contributed by atoms with Gasteiger partial charge < -0.3 is 9.47 Å². The van der Waals surface area contributed by atoms with Crippen molar-refractivity contribution in [1.82, 2.24) is 4.31 Å². The molecule has 0 aromatic heterocycles. The van der Waals surface area contributed by atoms with E-state index in [-0.39, 0.29) is 17.9 Å². The molecule has 1 unspecified atom stereocenters. The number of ether oxygens (including phenoxy) is 2. The minimum Gasteiger partial charge on any atom is -0.354 e. The van der Waals surface area contributed by atoms with Crippen LogP contribution in [0.15, 0.2) is 53.4 Å². The van der Waals surface area contributed by atoms with Crippen LogP contribution < -0.4 is 4.90 Å². The first-order chi connectivity index (χ1) is 14.7. The van der Waals surface area contributed by atoms with Gasteiger partial charge in [0, 0.05) is 19.2 Å². The fourth-order valence-corrected chi connectivity index (χ4v) is 5.03. The van der Waals surface area contributed by atoms with E-state index < -0.39 is 34.2 Å². The Labute approximate surface area is 186 Å². The molecule has 10 heteroatoms. The second-order valence-electron chi connectivity index (χ2n) is 7.05. The molecule has 3 rings (SSSR count). The summed E-state index contributed by atoms with van der Waals surface area (Å²) in [6.45, 7) is 1.61. The molecule has 0 N–H and O–H groups in total. The lowest BCUT2D eigenvalue weighted by Gasteiger charge is -2.29. The zero-order valence-corrected chi connectivity index (χ0v) is 18.9. The Morgan fingerprint density at radius 2 is 1.65 bits per heavy atom. The second kappa shape index (κ2) is 9.46. The number of methoxy groups -OCH3 is 2. The number of aryl methyl sites for hydroxylation is 1. The molecule has 1 fully saturated rings. The summed E-state index contributed by atoms with van der Waals surface area (Å²) in [6, 6.07) is 11.2. The summed E-state index contributed by atoms with van der Waals surface area (Å²) >= 11 is 5.88. The highest BCUT2D eigenvalue weighted by Gasteiger charge is 2.47. The van der Waals surface area contributed by atoms with E-state index >= 15 is 0 Å². The topological polar surface area (TPSA) is 93.2 Å². The average Bonchev–Trinajstić information content (AvgIpc) is 3.03. The van der Waals surface area contributed by atoms with E-state index in [1.807, 2.05) is 6.92 Å². The van der Waals surface area contributed by atoms with Crippen molar-refractivity contribution in [2.75, 3.05) is 25.7 Å². The molecule has 0 aliphatic carbocycles. The fraction of sp³-hybridized carbons (Fsp3) is 0.333. The van der Waals surface area contributed by atoms with Gasteiger partial charge in [-0.1, -0.05) is 29.3 Å². The monoisotopic (exact) mass is 466 g/mol. The number of hydrogen-bond acceptors (Lipinski definition) is 6. The smallest absolute Gasteiger partial charge is 0.252 e. The maximum atomic E-state index is 13.4. The summed E-state index contributed by atoms with van der Waals surface area (Å²) in [5.41, 5.74) is 1.36. The van der Waals surface area contributed by atoms with E-state index in [0.29, 0.717) is 10.7 Å². The van der Waals surface area contributed by atoms with Crippen LogP contribution in [0.2, 0.25) is 5.02 Å². The van der Waals surface area contributed by atoms with Crippen LogP contribution >= 0.6 is 11.6 Å². The van der Waals surface area contributed by atoms with Crippen LogP contribution in [0.5, 0.6) is 0 Å². The van der Waals surface area contributed by atoms with Crippen LogP contribution in [0.25, 0.3) is 0 Å². The van der Waals surface area contributed by atoms with Crippen molar-refractivity contribution >= 4 is 39.1 Å². The zero-order chi connectivity index (χ0) is 22.8. The third kappa shape index (κ3) is 4.81. The first-order valence-electron chi connectivity index (χ1n) is 9.45. The molecule has 2 aromatic rings. The Kier molecular flexibility index (Phi) is 7.13. The lowest BCUT2D eigenvalue weighted by Crippen LogP contribution is -2.49. The first-order valence-corrected chi connectivity index (χ1v) is 11.3. The third-order valence-corrected chi connectivity index (χ3v) is 7.18. The number of imide groups is 1. The van der Waals surface area contributed by atoms with Gasteiger partial charge in [-0.05, 0) is 43.3 Å². The van der Waals surface area contributed by atoms with Crippen LogP contribution in [0.1, 0.15) is 12.0 Å². The molecular formula is C21H23ClN2O6S. The number of benzene rings is 2. The third-order valence-electron chi connectivity index (χ3n) is 5.04. The van der Waals surface area contributed by atoms with Gasteiger partial charge in [-0.25, -0.2) is 13.3 Å².